The highest BCUT2D eigenvalue weighted by atomic mass is 16.3. The average Bonchev–Trinajstić information content (AvgIpc) is 2.35. The molecule has 0 amide bonds. The SMILES string of the molecule is CCCCN(CCO)c1cc(NCC)ncn1. The third kappa shape index (κ3) is 4.56. The number of aliphatic hydroxyl groups is 1. The molecule has 0 fully saturated rings. The molecule has 0 bridgehead atoms. The van der Waals surface area contributed by atoms with Crippen LogP contribution in [0.1, 0.15) is 26.7 Å². The van der Waals surface area contributed by atoms with E-state index in [1.807, 2.05) is 13.0 Å². The normalized spacial score (nSPS) is 10.3. The smallest absolute Gasteiger partial charge is 0.134 e. The van der Waals surface area contributed by atoms with E-state index < -0.39 is 0 Å². The second-order valence-electron chi connectivity index (χ2n) is 3.86. The van der Waals surface area contributed by atoms with Crippen LogP contribution in [-0.4, -0.2) is 41.3 Å². The van der Waals surface area contributed by atoms with E-state index in [0.717, 1.165) is 37.6 Å². The molecule has 0 atom stereocenters. The molecule has 0 aliphatic carbocycles. The van der Waals surface area contributed by atoms with E-state index in [2.05, 4.69) is 27.1 Å². The van der Waals surface area contributed by atoms with Crippen molar-refractivity contribution in [2.75, 3.05) is 36.5 Å². The van der Waals surface area contributed by atoms with Gasteiger partial charge in [0.1, 0.15) is 18.0 Å². The Bertz CT molecular complexity index is 319. The van der Waals surface area contributed by atoms with Crippen LogP contribution in [0, 0.1) is 0 Å². The fourth-order valence-corrected chi connectivity index (χ4v) is 1.61. The number of anilines is 2. The Labute approximate surface area is 103 Å². The zero-order valence-corrected chi connectivity index (χ0v) is 10.7. The van der Waals surface area contributed by atoms with Gasteiger partial charge in [0, 0.05) is 25.7 Å². The van der Waals surface area contributed by atoms with Crippen molar-refractivity contribution < 1.29 is 5.11 Å². The number of rotatable bonds is 8. The largest absolute Gasteiger partial charge is 0.395 e. The lowest BCUT2D eigenvalue weighted by Gasteiger charge is -2.22. The third-order valence-electron chi connectivity index (χ3n) is 2.49. The predicted octanol–water partition coefficient (Wildman–Crippen LogP) is 1.51. The molecule has 96 valence electrons. The van der Waals surface area contributed by atoms with Gasteiger partial charge in [-0.2, -0.15) is 0 Å². The summed E-state index contributed by atoms with van der Waals surface area (Å²) < 4.78 is 0. The maximum atomic E-state index is 9.07. The molecule has 0 aliphatic rings. The van der Waals surface area contributed by atoms with Gasteiger partial charge in [0.25, 0.3) is 0 Å². The van der Waals surface area contributed by atoms with Crippen molar-refractivity contribution in [2.24, 2.45) is 0 Å². The van der Waals surface area contributed by atoms with Crippen LogP contribution in [0.25, 0.3) is 0 Å². The Morgan fingerprint density at radius 1 is 1.29 bits per heavy atom. The first kappa shape index (κ1) is 13.7. The molecule has 0 unspecified atom stereocenters. The molecule has 0 saturated heterocycles. The molecule has 0 spiro atoms. The molecule has 0 radical (unpaired) electrons. The molecule has 5 heteroatoms. The average molecular weight is 238 g/mol. The summed E-state index contributed by atoms with van der Waals surface area (Å²) in [4.78, 5) is 10.5. The summed E-state index contributed by atoms with van der Waals surface area (Å²) in [6.07, 6.45) is 3.79. The first-order valence-electron chi connectivity index (χ1n) is 6.23. The number of aromatic nitrogens is 2. The van der Waals surface area contributed by atoms with Gasteiger partial charge in [-0.25, -0.2) is 9.97 Å². The molecule has 17 heavy (non-hydrogen) atoms. The first-order valence-corrected chi connectivity index (χ1v) is 6.23. The highest BCUT2D eigenvalue weighted by Crippen LogP contribution is 2.14. The Morgan fingerprint density at radius 3 is 2.76 bits per heavy atom. The molecule has 0 aliphatic heterocycles. The van der Waals surface area contributed by atoms with Crippen molar-refractivity contribution >= 4 is 11.6 Å². The summed E-state index contributed by atoms with van der Waals surface area (Å²) >= 11 is 0. The summed E-state index contributed by atoms with van der Waals surface area (Å²) in [5.74, 6) is 1.70. The van der Waals surface area contributed by atoms with Crippen LogP contribution in [0.15, 0.2) is 12.4 Å². The molecule has 0 aromatic carbocycles. The van der Waals surface area contributed by atoms with E-state index in [4.69, 9.17) is 5.11 Å². The van der Waals surface area contributed by atoms with Crippen LogP contribution in [0.5, 0.6) is 0 Å². The topological polar surface area (TPSA) is 61.3 Å². The quantitative estimate of drug-likeness (QED) is 0.719. The summed E-state index contributed by atoms with van der Waals surface area (Å²) in [6, 6.07) is 1.93. The van der Waals surface area contributed by atoms with Crippen LogP contribution in [0.4, 0.5) is 11.6 Å². The molecular weight excluding hydrogens is 216 g/mol. The second-order valence-corrected chi connectivity index (χ2v) is 3.86. The fraction of sp³-hybridized carbons (Fsp3) is 0.667. The minimum Gasteiger partial charge on any atom is -0.395 e. The van der Waals surface area contributed by atoms with Crippen LogP contribution in [0.3, 0.4) is 0 Å². The van der Waals surface area contributed by atoms with E-state index >= 15 is 0 Å². The zero-order chi connectivity index (χ0) is 12.5. The molecule has 0 saturated carbocycles. The van der Waals surface area contributed by atoms with Gasteiger partial charge in [-0.05, 0) is 13.3 Å². The minimum atomic E-state index is 0.143. The maximum absolute atomic E-state index is 9.07. The van der Waals surface area contributed by atoms with Crippen molar-refractivity contribution in [1.29, 1.82) is 0 Å². The predicted molar refractivity (Wildman–Crippen MR) is 70.4 cm³/mol. The van der Waals surface area contributed by atoms with Crippen molar-refractivity contribution in [3.8, 4) is 0 Å². The van der Waals surface area contributed by atoms with Crippen LogP contribution >= 0.6 is 0 Å². The van der Waals surface area contributed by atoms with Gasteiger partial charge in [-0.15, -0.1) is 0 Å². The van der Waals surface area contributed by atoms with Gasteiger partial charge in [0.15, 0.2) is 0 Å². The maximum Gasteiger partial charge on any atom is 0.134 e. The summed E-state index contributed by atoms with van der Waals surface area (Å²) in [7, 11) is 0. The summed E-state index contributed by atoms with van der Waals surface area (Å²) in [5.41, 5.74) is 0. The standard InChI is InChI=1S/C12H22N4O/c1-3-5-6-16(7-8-17)12-9-11(13-4-2)14-10-15-12/h9-10,17H,3-8H2,1-2H3,(H,13,14,15). The lowest BCUT2D eigenvalue weighted by Crippen LogP contribution is -2.28. The van der Waals surface area contributed by atoms with Crippen LogP contribution in [0.2, 0.25) is 0 Å². The number of nitrogens with one attached hydrogen (secondary N) is 1. The number of aliphatic hydroxyl groups excluding tert-OH is 1. The van der Waals surface area contributed by atoms with E-state index in [1.165, 1.54) is 0 Å². The zero-order valence-electron chi connectivity index (χ0n) is 10.7. The van der Waals surface area contributed by atoms with Gasteiger partial charge in [-0.1, -0.05) is 13.3 Å². The van der Waals surface area contributed by atoms with Gasteiger partial charge in [0.2, 0.25) is 0 Å². The van der Waals surface area contributed by atoms with Gasteiger partial charge in [-0.3, -0.25) is 0 Å². The minimum absolute atomic E-state index is 0.143. The van der Waals surface area contributed by atoms with E-state index in [9.17, 15) is 0 Å². The Balaban J connectivity index is 2.73. The molecule has 1 aromatic rings. The molecular formula is C12H22N4O. The number of hydrogen-bond acceptors (Lipinski definition) is 5. The molecule has 2 N–H and O–H groups in total. The monoisotopic (exact) mass is 238 g/mol. The van der Waals surface area contributed by atoms with E-state index in [1.54, 1.807) is 6.33 Å². The number of nitrogens with zero attached hydrogens (tertiary/aromatic N) is 3. The van der Waals surface area contributed by atoms with Crippen molar-refractivity contribution in [3.63, 3.8) is 0 Å². The van der Waals surface area contributed by atoms with Gasteiger partial charge >= 0.3 is 0 Å². The van der Waals surface area contributed by atoms with Crippen LogP contribution in [-0.2, 0) is 0 Å². The van der Waals surface area contributed by atoms with Crippen LogP contribution < -0.4 is 10.2 Å². The van der Waals surface area contributed by atoms with E-state index in [0.29, 0.717) is 6.54 Å². The summed E-state index contributed by atoms with van der Waals surface area (Å²) in [5, 5.41) is 12.2. The third-order valence-corrected chi connectivity index (χ3v) is 2.49. The van der Waals surface area contributed by atoms with Crippen molar-refractivity contribution in [1.82, 2.24) is 9.97 Å². The Morgan fingerprint density at radius 2 is 2.12 bits per heavy atom. The highest BCUT2D eigenvalue weighted by Gasteiger charge is 2.07. The number of hydrogen-bond donors (Lipinski definition) is 2. The number of unbranched alkanes of at least 4 members (excludes halogenated alkanes) is 1. The molecule has 1 heterocycles. The first-order chi connectivity index (χ1) is 8.31. The summed E-state index contributed by atoms with van der Waals surface area (Å²) in [6.45, 7) is 6.70. The van der Waals surface area contributed by atoms with Gasteiger partial charge in [0.05, 0.1) is 6.61 Å². The lowest BCUT2D eigenvalue weighted by atomic mass is 10.3. The lowest BCUT2D eigenvalue weighted by molar-refractivity contribution is 0.301. The highest BCUT2D eigenvalue weighted by molar-refractivity contribution is 5.48. The molecule has 1 rings (SSSR count). The van der Waals surface area contributed by atoms with Crippen molar-refractivity contribution in [2.45, 2.75) is 26.7 Å². The van der Waals surface area contributed by atoms with E-state index in [-0.39, 0.29) is 6.61 Å². The van der Waals surface area contributed by atoms with Crippen molar-refractivity contribution in [3.05, 3.63) is 12.4 Å². The Kier molecular flexibility index (Phi) is 6.32. The fourth-order valence-electron chi connectivity index (χ4n) is 1.61. The van der Waals surface area contributed by atoms with Gasteiger partial charge < -0.3 is 15.3 Å². The molecule has 5 nitrogen and oxygen atoms in total. The second kappa shape index (κ2) is 7.84. The Hall–Kier alpha value is -1.36. The molecule has 1 aromatic heterocycles.